The Kier molecular flexibility index (Phi) is 5.83. The minimum Gasteiger partial charge on any atom is -0.346 e. The van der Waals surface area contributed by atoms with Crippen molar-refractivity contribution >= 4 is 34.2 Å². The van der Waals surface area contributed by atoms with E-state index in [1.54, 1.807) is 0 Å². The summed E-state index contributed by atoms with van der Waals surface area (Å²) in [4.78, 5) is 12.1. The lowest BCUT2D eigenvalue weighted by Gasteiger charge is -2.21. The van der Waals surface area contributed by atoms with Crippen LogP contribution in [-0.2, 0) is 10.3 Å². The van der Waals surface area contributed by atoms with Gasteiger partial charge in [0.1, 0.15) is 0 Å². The second kappa shape index (κ2) is 6.73. The van der Waals surface area contributed by atoms with Crippen LogP contribution in [0.5, 0.6) is 0 Å². The van der Waals surface area contributed by atoms with E-state index in [9.17, 15) is 4.79 Å². The maximum atomic E-state index is 12.1. The third kappa shape index (κ3) is 3.94. The van der Waals surface area contributed by atoms with Crippen LogP contribution >= 0.6 is 28.3 Å². The first-order chi connectivity index (χ1) is 8.57. The van der Waals surface area contributed by atoms with E-state index in [0.717, 1.165) is 17.3 Å². The molecule has 1 fully saturated rings. The van der Waals surface area contributed by atoms with Crippen molar-refractivity contribution in [1.82, 2.24) is 10.6 Å². The van der Waals surface area contributed by atoms with E-state index in [2.05, 4.69) is 38.7 Å². The molecule has 106 valence electrons. The van der Waals surface area contributed by atoms with Crippen molar-refractivity contribution in [1.29, 1.82) is 0 Å². The SMILES string of the molecule is CNCC(C)C(=O)NC1(c2cccc(Br)c2)CC1.Cl. The number of amides is 1. The van der Waals surface area contributed by atoms with Crippen LogP contribution in [0.1, 0.15) is 25.3 Å². The van der Waals surface area contributed by atoms with Crippen LogP contribution in [0.4, 0.5) is 0 Å². The van der Waals surface area contributed by atoms with Crippen molar-refractivity contribution in [3.8, 4) is 0 Å². The van der Waals surface area contributed by atoms with Crippen molar-refractivity contribution in [2.24, 2.45) is 5.92 Å². The summed E-state index contributed by atoms with van der Waals surface area (Å²) in [5.41, 5.74) is 1.07. The molecule has 1 aromatic carbocycles. The monoisotopic (exact) mass is 346 g/mol. The molecular formula is C14H20BrClN2O. The third-order valence-corrected chi connectivity index (χ3v) is 3.94. The Balaban J connectivity index is 0.00000180. The van der Waals surface area contributed by atoms with Gasteiger partial charge in [0.05, 0.1) is 5.54 Å². The fraction of sp³-hybridized carbons (Fsp3) is 0.500. The number of carbonyl (C=O) groups is 1. The Morgan fingerprint density at radius 3 is 2.68 bits per heavy atom. The van der Waals surface area contributed by atoms with E-state index in [1.165, 1.54) is 5.56 Å². The molecule has 2 N–H and O–H groups in total. The van der Waals surface area contributed by atoms with Crippen LogP contribution in [0.15, 0.2) is 28.7 Å². The van der Waals surface area contributed by atoms with Crippen LogP contribution in [0.3, 0.4) is 0 Å². The van der Waals surface area contributed by atoms with Gasteiger partial charge < -0.3 is 10.6 Å². The summed E-state index contributed by atoms with van der Waals surface area (Å²) in [6.45, 7) is 2.66. The number of hydrogen-bond acceptors (Lipinski definition) is 2. The molecule has 0 saturated heterocycles. The van der Waals surface area contributed by atoms with Gasteiger partial charge in [0.15, 0.2) is 0 Å². The summed E-state index contributed by atoms with van der Waals surface area (Å²) in [6, 6.07) is 8.20. The highest BCUT2D eigenvalue weighted by Gasteiger charge is 2.46. The van der Waals surface area contributed by atoms with Crippen LogP contribution in [0.25, 0.3) is 0 Å². The smallest absolute Gasteiger partial charge is 0.224 e. The maximum Gasteiger partial charge on any atom is 0.224 e. The minimum absolute atomic E-state index is 0. The van der Waals surface area contributed by atoms with Crippen molar-refractivity contribution in [2.75, 3.05) is 13.6 Å². The number of rotatable bonds is 5. The van der Waals surface area contributed by atoms with Crippen LogP contribution in [-0.4, -0.2) is 19.5 Å². The molecule has 0 spiro atoms. The molecule has 0 aliphatic heterocycles. The number of carbonyl (C=O) groups excluding carboxylic acids is 1. The van der Waals surface area contributed by atoms with Gasteiger partial charge in [0.25, 0.3) is 0 Å². The number of nitrogens with one attached hydrogen (secondary N) is 2. The second-order valence-electron chi connectivity index (χ2n) is 5.04. The molecule has 0 heterocycles. The fourth-order valence-corrected chi connectivity index (χ4v) is 2.55. The summed E-state index contributed by atoms with van der Waals surface area (Å²) < 4.78 is 1.06. The van der Waals surface area contributed by atoms with Gasteiger partial charge in [-0.1, -0.05) is 35.0 Å². The van der Waals surface area contributed by atoms with E-state index >= 15 is 0 Å². The molecule has 1 amide bonds. The number of benzene rings is 1. The maximum absolute atomic E-state index is 12.1. The Bertz CT molecular complexity index is 449. The first-order valence-corrected chi connectivity index (χ1v) is 7.09. The molecule has 1 atom stereocenters. The Labute approximate surface area is 129 Å². The summed E-state index contributed by atoms with van der Waals surface area (Å²) in [5, 5.41) is 6.23. The van der Waals surface area contributed by atoms with E-state index in [4.69, 9.17) is 0 Å². The predicted molar refractivity (Wildman–Crippen MR) is 83.5 cm³/mol. The summed E-state index contributed by atoms with van der Waals surface area (Å²) in [5.74, 6) is 0.126. The molecule has 2 rings (SSSR count). The van der Waals surface area contributed by atoms with Crippen molar-refractivity contribution in [3.63, 3.8) is 0 Å². The van der Waals surface area contributed by atoms with Gasteiger partial charge in [-0.2, -0.15) is 0 Å². The van der Waals surface area contributed by atoms with Crippen LogP contribution in [0, 0.1) is 5.92 Å². The van der Waals surface area contributed by atoms with Gasteiger partial charge >= 0.3 is 0 Å². The molecule has 1 saturated carbocycles. The van der Waals surface area contributed by atoms with Gasteiger partial charge in [0, 0.05) is 16.9 Å². The zero-order chi connectivity index (χ0) is 13.2. The lowest BCUT2D eigenvalue weighted by Crippen LogP contribution is -2.40. The highest BCUT2D eigenvalue weighted by atomic mass is 79.9. The van der Waals surface area contributed by atoms with Gasteiger partial charge in [0.2, 0.25) is 5.91 Å². The first kappa shape index (κ1) is 16.5. The van der Waals surface area contributed by atoms with Crippen LogP contribution in [0.2, 0.25) is 0 Å². The van der Waals surface area contributed by atoms with Gasteiger partial charge in [-0.25, -0.2) is 0 Å². The van der Waals surface area contributed by atoms with E-state index in [0.29, 0.717) is 6.54 Å². The van der Waals surface area contributed by atoms with Gasteiger partial charge in [-0.3, -0.25) is 4.79 Å². The van der Waals surface area contributed by atoms with Gasteiger partial charge in [-0.15, -0.1) is 12.4 Å². The quantitative estimate of drug-likeness (QED) is 0.860. The first-order valence-electron chi connectivity index (χ1n) is 6.30. The molecule has 1 aliphatic rings. The highest BCUT2D eigenvalue weighted by Crippen LogP contribution is 2.46. The average Bonchev–Trinajstić information content (AvgIpc) is 3.10. The largest absolute Gasteiger partial charge is 0.346 e. The van der Waals surface area contributed by atoms with Crippen LogP contribution < -0.4 is 10.6 Å². The molecular weight excluding hydrogens is 328 g/mol. The Hall–Kier alpha value is -0.580. The topological polar surface area (TPSA) is 41.1 Å². The number of hydrogen-bond donors (Lipinski definition) is 2. The second-order valence-corrected chi connectivity index (χ2v) is 5.96. The lowest BCUT2D eigenvalue weighted by molar-refractivity contribution is -0.125. The molecule has 1 unspecified atom stereocenters. The molecule has 1 aromatic rings. The molecule has 1 aliphatic carbocycles. The zero-order valence-corrected chi connectivity index (χ0v) is 13.6. The molecule has 0 aromatic heterocycles. The zero-order valence-electron chi connectivity index (χ0n) is 11.2. The average molecular weight is 348 g/mol. The molecule has 19 heavy (non-hydrogen) atoms. The molecule has 0 radical (unpaired) electrons. The third-order valence-electron chi connectivity index (χ3n) is 3.45. The summed E-state index contributed by atoms with van der Waals surface area (Å²) >= 11 is 3.48. The van der Waals surface area contributed by atoms with Crippen molar-refractivity contribution < 1.29 is 4.79 Å². The Morgan fingerprint density at radius 2 is 2.16 bits per heavy atom. The van der Waals surface area contributed by atoms with E-state index < -0.39 is 0 Å². The fourth-order valence-electron chi connectivity index (χ4n) is 2.15. The molecule has 3 nitrogen and oxygen atoms in total. The molecule has 0 bridgehead atoms. The van der Waals surface area contributed by atoms with E-state index in [-0.39, 0.29) is 29.8 Å². The standard InChI is InChI=1S/C14H19BrN2O.ClH/c1-10(9-16-2)13(18)17-14(6-7-14)11-4-3-5-12(15)8-11;/h3-5,8,10,16H,6-7,9H2,1-2H3,(H,17,18);1H. The van der Waals surface area contributed by atoms with Crippen molar-refractivity contribution in [2.45, 2.75) is 25.3 Å². The van der Waals surface area contributed by atoms with E-state index in [1.807, 2.05) is 26.1 Å². The lowest BCUT2D eigenvalue weighted by atomic mass is 10.0. The summed E-state index contributed by atoms with van der Waals surface area (Å²) in [6.07, 6.45) is 2.06. The molecule has 5 heteroatoms. The minimum atomic E-state index is -0.122. The predicted octanol–water partition coefficient (Wildman–Crippen LogP) is 2.83. The van der Waals surface area contributed by atoms with Crippen molar-refractivity contribution in [3.05, 3.63) is 34.3 Å². The normalized spacial score (nSPS) is 17.2. The number of halogens is 2. The van der Waals surface area contributed by atoms with Gasteiger partial charge in [-0.05, 0) is 37.6 Å². The summed E-state index contributed by atoms with van der Waals surface area (Å²) in [7, 11) is 1.87. The highest BCUT2D eigenvalue weighted by molar-refractivity contribution is 9.10. The Morgan fingerprint density at radius 1 is 1.47 bits per heavy atom.